The largest absolute Gasteiger partial charge is 0.354 e. The van der Waals surface area contributed by atoms with Gasteiger partial charge in [-0.1, -0.05) is 42.9 Å². The summed E-state index contributed by atoms with van der Waals surface area (Å²) in [5, 5.41) is 34.7. The third-order valence-electron chi connectivity index (χ3n) is 4.97. The maximum absolute atomic E-state index is 12.5. The highest BCUT2D eigenvalue weighted by Gasteiger charge is 2.27. The molecular formula is C18H20N14O4S4. The van der Waals surface area contributed by atoms with Crippen LogP contribution in [0.3, 0.4) is 0 Å². The summed E-state index contributed by atoms with van der Waals surface area (Å²) < 4.78 is 11.5. The Kier molecular flexibility index (Phi) is 9.34. The molecule has 0 saturated carbocycles. The average Bonchev–Trinajstić information content (AvgIpc) is 3.78. The first-order valence-corrected chi connectivity index (χ1v) is 14.3. The maximum atomic E-state index is 12.5. The van der Waals surface area contributed by atoms with E-state index in [9.17, 15) is 19.2 Å². The highest BCUT2D eigenvalue weighted by atomic mass is 32.2. The third-order valence-corrected chi connectivity index (χ3v) is 8.91. The molecule has 4 heterocycles. The van der Waals surface area contributed by atoms with Crippen LogP contribution in [0.15, 0.2) is 18.5 Å². The molecule has 0 unspecified atom stereocenters. The summed E-state index contributed by atoms with van der Waals surface area (Å²) in [6, 6.07) is 0. The van der Waals surface area contributed by atoms with E-state index in [1.165, 1.54) is 37.6 Å². The molecular weight excluding hydrogens is 605 g/mol. The molecule has 0 aliphatic rings. The smallest absolute Gasteiger partial charge is 0.274 e. The molecule has 0 aromatic carbocycles. The molecule has 0 spiro atoms. The molecule has 40 heavy (non-hydrogen) atoms. The lowest BCUT2D eigenvalue weighted by molar-refractivity contribution is 0.0946. The van der Waals surface area contributed by atoms with Gasteiger partial charge in [-0.3, -0.25) is 19.2 Å². The molecule has 0 bridgehead atoms. The molecule has 4 aromatic rings. The fourth-order valence-electron chi connectivity index (χ4n) is 3.00. The number of carbonyl (C=O) groups is 4. The van der Waals surface area contributed by atoms with Crippen molar-refractivity contribution < 1.29 is 19.2 Å². The minimum atomic E-state index is -0.481. The minimum absolute atomic E-state index is 0.0361. The van der Waals surface area contributed by atoms with Crippen molar-refractivity contribution in [1.82, 2.24) is 70.4 Å². The first-order chi connectivity index (χ1) is 19.3. The number of carbonyl (C=O) groups excluding carboxylic acids is 4. The van der Waals surface area contributed by atoms with Crippen molar-refractivity contribution in [1.29, 1.82) is 0 Å². The molecule has 0 aliphatic heterocycles. The number of hydrogen-bond donors (Lipinski definition) is 4. The molecule has 0 radical (unpaired) electrons. The van der Waals surface area contributed by atoms with Crippen molar-refractivity contribution in [2.24, 2.45) is 0 Å². The van der Waals surface area contributed by atoms with E-state index in [0.717, 1.165) is 46.6 Å². The number of aromatic nitrogens is 10. The van der Waals surface area contributed by atoms with Crippen LogP contribution < -0.4 is 21.3 Å². The predicted octanol–water partition coefficient (Wildman–Crippen LogP) is -0.986. The Hall–Kier alpha value is -4.02. The maximum Gasteiger partial charge on any atom is 0.274 e. The Balaban J connectivity index is 1.66. The Morgan fingerprint density at radius 2 is 0.950 bits per heavy atom. The van der Waals surface area contributed by atoms with E-state index >= 15 is 0 Å². The number of nitrogens with one attached hydrogen (secondary N) is 4. The van der Waals surface area contributed by atoms with Gasteiger partial charge in [0.05, 0.1) is 13.1 Å². The van der Waals surface area contributed by atoms with Crippen LogP contribution in [-0.4, -0.2) is 101 Å². The van der Waals surface area contributed by atoms with E-state index in [1.54, 1.807) is 0 Å². The Bertz CT molecular complexity index is 1440. The van der Waals surface area contributed by atoms with Crippen LogP contribution in [0, 0.1) is 0 Å². The second kappa shape index (κ2) is 12.9. The lowest BCUT2D eigenvalue weighted by Gasteiger charge is -2.09. The minimum Gasteiger partial charge on any atom is -0.354 e. The molecule has 4 rings (SSSR count). The first kappa shape index (κ1) is 29.0. The molecule has 0 fully saturated rings. The first-order valence-electron chi connectivity index (χ1n) is 11.1. The second-order valence-electron chi connectivity index (χ2n) is 7.27. The standard InChI is InChI=1S/C18H20N14O4S4/c1-19-11(33)7-15(37-17-9(13(35)21-3)25-29-39-17)31(27-23-7)5-6-32-16(8(24-28-32)12(34)20-2)38-18-10(14(36)22-4)26-30-40-18/h5-6H2,1-4H3,(H,19,33)(H,20,34)(H,21,35)(H,22,36). The van der Waals surface area contributed by atoms with Gasteiger partial charge in [0.2, 0.25) is 0 Å². The fraction of sp³-hybridized carbons (Fsp3) is 0.333. The molecule has 4 N–H and O–H groups in total. The molecule has 4 aromatic heterocycles. The molecule has 210 valence electrons. The van der Waals surface area contributed by atoms with Crippen LogP contribution in [0.2, 0.25) is 0 Å². The van der Waals surface area contributed by atoms with Crippen molar-refractivity contribution in [3.63, 3.8) is 0 Å². The summed E-state index contributed by atoms with van der Waals surface area (Å²) in [5.74, 6) is -1.83. The van der Waals surface area contributed by atoms with E-state index in [2.05, 4.69) is 61.1 Å². The molecule has 18 nitrogen and oxygen atoms in total. The zero-order valence-corrected chi connectivity index (χ0v) is 24.4. The zero-order chi connectivity index (χ0) is 28.8. The SMILES string of the molecule is CNC(=O)c1nnsc1Sc1c(C(=O)NC)nnn1CCn1nnc(C(=O)NC)c1Sc1snnc1C(=O)NC. The predicted molar refractivity (Wildman–Crippen MR) is 142 cm³/mol. The van der Waals surface area contributed by atoms with E-state index in [-0.39, 0.29) is 35.9 Å². The fourth-order valence-corrected chi connectivity index (χ4v) is 6.55. The highest BCUT2D eigenvalue weighted by molar-refractivity contribution is 8.01. The lowest BCUT2D eigenvalue weighted by Crippen LogP contribution is -2.21. The van der Waals surface area contributed by atoms with Crippen LogP contribution in [-0.2, 0) is 13.1 Å². The van der Waals surface area contributed by atoms with Crippen molar-refractivity contribution in [2.45, 2.75) is 31.6 Å². The Labute approximate surface area is 241 Å². The number of amides is 4. The quantitative estimate of drug-likeness (QED) is 0.157. The van der Waals surface area contributed by atoms with Gasteiger partial charge in [-0.2, -0.15) is 0 Å². The Morgan fingerprint density at radius 1 is 0.600 bits per heavy atom. The van der Waals surface area contributed by atoms with Crippen LogP contribution >= 0.6 is 46.6 Å². The van der Waals surface area contributed by atoms with Crippen molar-refractivity contribution in [3.8, 4) is 0 Å². The van der Waals surface area contributed by atoms with Gasteiger partial charge in [-0.05, 0) is 23.1 Å². The van der Waals surface area contributed by atoms with Gasteiger partial charge in [0, 0.05) is 28.2 Å². The number of nitrogens with zero attached hydrogens (tertiary/aromatic N) is 10. The molecule has 0 saturated heterocycles. The van der Waals surface area contributed by atoms with Crippen LogP contribution in [0.4, 0.5) is 0 Å². The van der Waals surface area contributed by atoms with Gasteiger partial charge in [0.25, 0.3) is 23.6 Å². The molecule has 22 heteroatoms. The van der Waals surface area contributed by atoms with Crippen LogP contribution in [0.1, 0.15) is 42.0 Å². The van der Waals surface area contributed by atoms with Gasteiger partial charge < -0.3 is 21.3 Å². The second-order valence-corrected chi connectivity index (χ2v) is 11.3. The molecule has 0 atom stereocenters. The third kappa shape index (κ3) is 5.93. The summed E-state index contributed by atoms with van der Waals surface area (Å²) in [4.78, 5) is 49.4. The van der Waals surface area contributed by atoms with Gasteiger partial charge in [0.15, 0.2) is 22.8 Å². The molecule has 0 aliphatic carbocycles. The van der Waals surface area contributed by atoms with E-state index in [0.29, 0.717) is 18.5 Å². The normalized spacial score (nSPS) is 10.8. The van der Waals surface area contributed by atoms with E-state index in [4.69, 9.17) is 0 Å². The van der Waals surface area contributed by atoms with E-state index in [1.807, 2.05) is 0 Å². The number of hydrogen-bond acceptors (Lipinski definition) is 16. The summed E-state index contributed by atoms with van der Waals surface area (Å²) in [5.41, 5.74) is 0.273. The topological polar surface area (TPSA) is 229 Å². The van der Waals surface area contributed by atoms with Crippen LogP contribution in [0.25, 0.3) is 0 Å². The average molecular weight is 625 g/mol. The number of aryl methyl sites for hydroxylation is 2. The van der Waals surface area contributed by atoms with Crippen molar-refractivity contribution >= 4 is 70.2 Å². The summed E-state index contributed by atoms with van der Waals surface area (Å²) in [7, 11) is 5.86. The summed E-state index contributed by atoms with van der Waals surface area (Å²) in [6.45, 7) is 0.280. The Morgan fingerprint density at radius 3 is 1.30 bits per heavy atom. The molecule has 4 amide bonds. The van der Waals surface area contributed by atoms with Crippen molar-refractivity contribution in [2.75, 3.05) is 28.2 Å². The van der Waals surface area contributed by atoms with Gasteiger partial charge in [0.1, 0.15) is 18.5 Å². The van der Waals surface area contributed by atoms with E-state index < -0.39 is 23.6 Å². The van der Waals surface area contributed by atoms with Gasteiger partial charge in [-0.15, -0.1) is 20.4 Å². The monoisotopic (exact) mass is 624 g/mol. The summed E-state index contributed by atoms with van der Waals surface area (Å²) in [6.07, 6.45) is 0. The van der Waals surface area contributed by atoms with Crippen molar-refractivity contribution in [3.05, 3.63) is 22.8 Å². The van der Waals surface area contributed by atoms with Gasteiger partial charge >= 0.3 is 0 Å². The zero-order valence-electron chi connectivity index (χ0n) is 21.2. The van der Waals surface area contributed by atoms with Gasteiger partial charge in [-0.25, -0.2) is 9.36 Å². The summed E-state index contributed by atoms with van der Waals surface area (Å²) >= 11 is 4.10. The lowest BCUT2D eigenvalue weighted by atomic mass is 10.4. The van der Waals surface area contributed by atoms with Crippen LogP contribution in [0.5, 0.6) is 0 Å². The highest BCUT2D eigenvalue weighted by Crippen LogP contribution is 2.35. The number of rotatable bonds is 11.